The van der Waals surface area contributed by atoms with Gasteiger partial charge in [-0.2, -0.15) is 0 Å². The average Bonchev–Trinajstić information content (AvgIpc) is 2.66. The summed E-state index contributed by atoms with van der Waals surface area (Å²) >= 11 is 0. The first-order valence-corrected chi connectivity index (χ1v) is 9.06. The van der Waals surface area contributed by atoms with E-state index in [0.29, 0.717) is 28.0 Å². The normalized spacial score (nSPS) is 20.5. The van der Waals surface area contributed by atoms with E-state index in [4.69, 9.17) is 0 Å². The lowest BCUT2D eigenvalue weighted by Gasteiger charge is -2.37. The standard InChI is InChI=1S/C19H22F2N6/c1-12-11-27(5-4-23-12)19-15(21)9-22-10-18(19)26-8-13-6-16-17(7-14(13)20)25-3-2-24-16/h2-3,6-7,10,12,22-23,26H,4-5,8-9,11H2,1H3. The molecule has 2 aromatic rings. The molecule has 0 aliphatic carbocycles. The lowest BCUT2D eigenvalue weighted by atomic mass is 10.1. The van der Waals surface area contributed by atoms with Gasteiger partial charge in [0.1, 0.15) is 11.6 Å². The molecule has 0 bridgehead atoms. The number of hydrogen-bond acceptors (Lipinski definition) is 6. The molecule has 142 valence electrons. The third kappa shape index (κ3) is 3.71. The molecule has 1 unspecified atom stereocenters. The highest BCUT2D eigenvalue weighted by molar-refractivity contribution is 5.74. The van der Waals surface area contributed by atoms with Crippen LogP contribution in [0.15, 0.2) is 47.9 Å². The monoisotopic (exact) mass is 372 g/mol. The van der Waals surface area contributed by atoms with Gasteiger partial charge in [0.15, 0.2) is 0 Å². The van der Waals surface area contributed by atoms with Gasteiger partial charge in [-0.1, -0.05) is 0 Å². The van der Waals surface area contributed by atoms with Crippen molar-refractivity contribution in [1.82, 2.24) is 30.8 Å². The molecule has 8 heteroatoms. The van der Waals surface area contributed by atoms with Gasteiger partial charge in [-0.25, -0.2) is 8.78 Å². The number of nitrogens with one attached hydrogen (secondary N) is 3. The van der Waals surface area contributed by atoms with Crippen molar-refractivity contribution in [1.29, 1.82) is 0 Å². The number of fused-ring (bicyclic) bond motifs is 1. The van der Waals surface area contributed by atoms with Crippen LogP contribution in [-0.4, -0.2) is 47.1 Å². The lowest BCUT2D eigenvalue weighted by Crippen LogP contribution is -2.50. The molecule has 1 atom stereocenters. The van der Waals surface area contributed by atoms with Crippen LogP contribution in [0.5, 0.6) is 0 Å². The Morgan fingerprint density at radius 1 is 1.22 bits per heavy atom. The summed E-state index contributed by atoms with van der Waals surface area (Å²) in [5.41, 5.74) is 2.79. The second-order valence-corrected chi connectivity index (χ2v) is 6.84. The molecule has 1 saturated heterocycles. The Labute approximate surface area is 156 Å². The number of piperazine rings is 1. The summed E-state index contributed by atoms with van der Waals surface area (Å²) in [6.45, 7) is 4.72. The summed E-state index contributed by atoms with van der Waals surface area (Å²) in [4.78, 5) is 10.4. The second-order valence-electron chi connectivity index (χ2n) is 6.84. The zero-order valence-electron chi connectivity index (χ0n) is 15.1. The molecule has 3 heterocycles. The van der Waals surface area contributed by atoms with Gasteiger partial charge in [0, 0.05) is 62.4 Å². The van der Waals surface area contributed by atoms with E-state index in [1.807, 2.05) is 4.90 Å². The summed E-state index contributed by atoms with van der Waals surface area (Å²) in [6.07, 6.45) is 4.86. The molecule has 0 radical (unpaired) electrons. The van der Waals surface area contributed by atoms with Crippen LogP contribution < -0.4 is 16.0 Å². The summed E-state index contributed by atoms with van der Waals surface area (Å²) in [6, 6.07) is 3.34. The molecule has 4 rings (SSSR count). The van der Waals surface area contributed by atoms with E-state index < -0.39 is 0 Å². The molecule has 1 aromatic heterocycles. The minimum absolute atomic E-state index is 0.165. The third-order valence-corrected chi connectivity index (χ3v) is 4.81. The van der Waals surface area contributed by atoms with Crippen LogP contribution in [0.2, 0.25) is 0 Å². The third-order valence-electron chi connectivity index (χ3n) is 4.81. The van der Waals surface area contributed by atoms with Gasteiger partial charge >= 0.3 is 0 Å². The van der Waals surface area contributed by atoms with Gasteiger partial charge in [0.05, 0.1) is 29.0 Å². The van der Waals surface area contributed by atoms with E-state index in [9.17, 15) is 8.78 Å². The average molecular weight is 372 g/mol. The minimum Gasteiger partial charge on any atom is -0.383 e. The Balaban J connectivity index is 1.54. The largest absolute Gasteiger partial charge is 0.383 e. The predicted octanol–water partition coefficient (Wildman–Crippen LogP) is 1.78. The van der Waals surface area contributed by atoms with Crippen LogP contribution in [0.3, 0.4) is 0 Å². The number of rotatable bonds is 4. The number of halogens is 2. The van der Waals surface area contributed by atoms with Crippen molar-refractivity contribution < 1.29 is 8.78 Å². The molecule has 27 heavy (non-hydrogen) atoms. The molecule has 1 fully saturated rings. The summed E-state index contributed by atoms with van der Waals surface area (Å²) < 4.78 is 29.0. The quantitative estimate of drug-likeness (QED) is 0.760. The fourth-order valence-corrected chi connectivity index (χ4v) is 3.51. The maximum absolute atomic E-state index is 14.6. The molecule has 0 amide bonds. The number of aromatic nitrogens is 2. The molecular formula is C19H22F2N6. The first-order valence-electron chi connectivity index (χ1n) is 9.06. The highest BCUT2D eigenvalue weighted by atomic mass is 19.1. The van der Waals surface area contributed by atoms with Crippen LogP contribution in [0, 0.1) is 5.82 Å². The molecule has 2 aliphatic rings. The van der Waals surface area contributed by atoms with Crippen molar-refractivity contribution in [3.8, 4) is 0 Å². The van der Waals surface area contributed by atoms with Crippen molar-refractivity contribution in [3.63, 3.8) is 0 Å². The van der Waals surface area contributed by atoms with Crippen molar-refractivity contribution in [2.75, 3.05) is 26.2 Å². The molecule has 0 saturated carbocycles. The van der Waals surface area contributed by atoms with Gasteiger partial charge in [-0.15, -0.1) is 0 Å². The number of nitrogens with zero attached hydrogens (tertiary/aromatic N) is 3. The van der Waals surface area contributed by atoms with E-state index in [-0.39, 0.29) is 30.8 Å². The van der Waals surface area contributed by atoms with Crippen molar-refractivity contribution in [2.24, 2.45) is 0 Å². The van der Waals surface area contributed by atoms with E-state index in [2.05, 4.69) is 32.8 Å². The van der Waals surface area contributed by atoms with Gasteiger partial charge in [-0.05, 0) is 13.0 Å². The van der Waals surface area contributed by atoms with E-state index in [1.165, 1.54) is 12.3 Å². The van der Waals surface area contributed by atoms with Crippen LogP contribution in [0.1, 0.15) is 12.5 Å². The Hall–Kier alpha value is -2.74. The Bertz CT molecular complexity index is 910. The van der Waals surface area contributed by atoms with Gasteiger partial charge in [0.25, 0.3) is 0 Å². The molecule has 1 aromatic carbocycles. The van der Waals surface area contributed by atoms with Crippen LogP contribution >= 0.6 is 0 Å². The maximum atomic E-state index is 14.6. The first-order chi connectivity index (χ1) is 13.1. The summed E-state index contributed by atoms with van der Waals surface area (Å²) in [5.74, 6) is -0.569. The molecule has 6 nitrogen and oxygen atoms in total. The van der Waals surface area contributed by atoms with Crippen LogP contribution in [-0.2, 0) is 6.54 Å². The highest BCUT2D eigenvalue weighted by Crippen LogP contribution is 2.24. The van der Waals surface area contributed by atoms with Crippen molar-refractivity contribution in [2.45, 2.75) is 19.5 Å². The molecule has 2 aliphatic heterocycles. The topological polar surface area (TPSA) is 65.1 Å². The SMILES string of the molecule is CC1CN(C2=C(F)CNC=C2NCc2cc3nccnc3cc2F)CCN1. The summed E-state index contributed by atoms with van der Waals surface area (Å²) in [5, 5.41) is 9.47. The Kier molecular flexibility index (Phi) is 4.89. The van der Waals surface area contributed by atoms with Crippen LogP contribution in [0.25, 0.3) is 11.0 Å². The second kappa shape index (κ2) is 7.48. The zero-order valence-corrected chi connectivity index (χ0v) is 15.1. The lowest BCUT2D eigenvalue weighted by molar-refractivity contribution is 0.248. The molecular weight excluding hydrogens is 350 g/mol. The Morgan fingerprint density at radius 2 is 2.00 bits per heavy atom. The van der Waals surface area contributed by atoms with Crippen molar-refractivity contribution >= 4 is 11.0 Å². The summed E-state index contributed by atoms with van der Waals surface area (Å²) in [7, 11) is 0. The Morgan fingerprint density at radius 3 is 2.78 bits per heavy atom. The van der Waals surface area contributed by atoms with Gasteiger partial charge in [0.2, 0.25) is 0 Å². The van der Waals surface area contributed by atoms with Gasteiger partial charge < -0.3 is 20.9 Å². The molecule has 0 spiro atoms. The first kappa shape index (κ1) is 17.7. The minimum atomic E-state index is -0.360. The van der Waals surface area contributed by atoms with E-state index in [1.54, 1.807) is 18.5 Å². The van der Waals surface area contributed by atoms with Crippen LogP contribution in [0.4, 0.5) is 8.78 Å². The number of hydrogen-bond donors (Lipinski definition) is 3. The van der Waals surface area contributed by atoms with Crippen molar-refractivity contribution in [3.05, 3.63) is 59.3 Å². The fraction of sp³-hybridized carbons (Fsp3) is 0.368. The predicted molar refractivity (Wildman–Crippen MR) is 99.6 cm³/mol. The number of benzene rings is 1. The van der Waals surface area contributed by atoms with E-state index >= 15 is 0 Å². The van der Waals surface area contributed by atoms with E-state index in [0.717, 1.165) is 19.6 Å². The highest BCUT2D eigenvalue weighted by Gasteiger charge is 2.26. The maximum Gasteiger partial charge on any atom is 0.144 e. The molecule has 3 N–H and O–H groups in total. The van der Waals surface area contributed by atoms with Gasteiger partial charge in [-0.3, -0.25) is 9.97 Å². The number of dihydropyridines is 1. The smallest absolute Gasteiger partial charge is 0.144 e. The zero-order chi connectivity index (χ0) is 18.8. The fourth-order valence-electron chi connectivity index (χ4n) is 3.51.